The molecule has 0 aliphatic rings. The first kappa shape index (κ1) is 21.8. The number of aromatic hydroxyl groups is 1. The van der Waals surface area contributed by atoms with Crippen LogP contribution in [0, 0.1) is 0 Å². The Bertz CT molecular complexity index is 1070. The number of ether oxygens (including phenoxy) is 1. The van der Waals surface area contributed by atoms with Crippen LogP contribution in [0.25, 0.3) is 11.1 Å². The topological polar surface area (TPSA) is 66.8 Å². The molecule has 0 unspecified atom stereocenters. The average molecular weight is 457 g/mol. The van der Waals surface area contributed by atoms with Gasteiger partial charge in [-0.25, -0.2) is 0 Å². The van der Waals surface area contributed by atoms with Gasteiger partial charge in [0, 0.05) is 5.56 Å². The average Bonchev–Trinajstić information content (AvgIpc) is 2.65. The van der Waals surface area contributed by atoms with Gasteiger partial charge in [-0.15, -0.1) is 0 Å². The lowest BCUT2D eigenvalue weighted by Crippen LogP contribution is -2.04. The molecule has 3 aromatic rings. The Labute approximate surface area is 179 Å². The van der Waals surface area contributed by atoms with Crippen LogP contribution in [0.4, 0.5) is 13.2 Å². The van der Waals surface area contributed by atoms with Crippen molar-refractivity contribution in [3.05, 3.63) is 75.8 Å². The van der Waals surface area contributed by atoms with Gasteiger partial charge in [0.05, 0.1) is 22.0 Å². The van der Waals surface area contributed by atoms with Crippen LogP contribution in [0.5, 0.6) is 17.2 Å². The van der Waals surface area contributed by atoms with Crippen molar-refractivity contribution < 1.29 is 32.9 Å². The van der Waals surface area contributed by atoms with Gasteiger partial charge in [0.1, 0.15) is 11.5 Å². The van der Waals surface area contributed by atoms with Gasteiger partial charge in [0.15, 0.2) is 5.75 Å². The highest BCUT2D eigenvalue weighted by atomic mass is 35.5. The molecule has 0 aliphatic carbocycles. The molecule has 30 heavy (non-hydrogen) atoms. The third-order valence-corrected chi connectivity index (χ3v) is 4.69. The second kappa shape index (κ2) is 8.45. The van der Waals surface area contributed by atoms with E-state index in [0.29, 0.717) is 11.1 Å². The molecule has 3 aromatic carbocycles. The standard InChI is InChI=1S/C21H13Cl2F3O4/c22-16-7-11(9-19(28)29)8-17(23)20(16)30-14-5-6-18(27)15(10-14)12-1-3-13(4-2-12)21(24,25)26/h1-8,10,27H,9H2,(H,28,29). The molecule has 0 saturated heterocycles. The lowest BCUT2D eigenvalue weighted by Gasteiger charge is -2.13. The van der Waals surface area contributed by atoms with Gasteiger partial charge < -0.3 is 14.9 Å². The lowest BCUT2D eigenvalue weighted by atomic mass is 10.0. The molecule has 0 saturated carbocycles. The van der Waals surface area contributed by atoms with E-state index in [4.69, 9.17) is 33.0 Å². The Hall–Kier alpha value is -2.90. The molecule has 3 rings (SSSR count). The van der Waals surface area contributed by atoms with Crippen molar-refractivity contribution in [2.75, 3.05) is 0 Å². The Balaban J connectivity index is 1.92. The predicted octanol–water partition coefficient (Wildman–Crippen LogP) is 6.80. The van der Waals surface area contributed by atoms with E-state index in [2.05, 4.69) is 0 Å². The number of carboxylic acid groups (broad SMARTS) is 1. The van der Waals surface area contributed by atoms with Crippen molar-refractivity contribution >= 4 is 29.2 Å². The summed E-state index contributed by atoms with van der Waals surface area (Å²) in [6.45, 7) is 0. The SMILES string of the molecule is O=C(O)Cc1cc(Cl)c(Oc2ccc(O)c(-c3ccc(C(F)(F)F)cc3)c2)c(Cl)c1. The molecule has 0 aliphatic heterocycles. The maximum Gasteiger partial charge on any atom is 0.416 e. The third kappa shape index (κ3) is 4.98. The van der Waals surface area contributed by atoms with Crippen molar-refractivity contribution in [2.24, 2.45) is 0 Å². The van der Waals surface area contributed by atoms with E-state index in [1.807, 2.05) is 0 Å². The quantitative estimate of drug-likeness (QED) is 0.442. The number of carboxylic acids is 1. The van der Waals surface area contributed by atoms with Gasteiger partial charge in [-0.05, 0) is 53.6 Å². The normalized spacial score (nSPS) is 11.4. The number of carbonyl (C=O) groups is 1. The van der Waals surface area contributed by atoms with E-state index in [1.165, 1.54) is 42.5 Å². The zero-order chi connectivity index (χ0) is 22.1. The van der Waals surface area contributed by atoms with Crippen molar-refractivity contribution in [1.82, 2.24) is 0 Å². The van der Waals surface area contributed by atoms with E-state index >= 15 is 0 Å². The summed E-state index contributed by atoms with van der Waals surface area (Å²) in [5.74, 6) is -0.902. The smallest absolute Gasteiger partial charge is 0.416 e. The summed E-state index contributed by atoms with van der Waals surface area (Å²) >= 11 is 12.3. The highest BCUT2D eigenvalue weighted by Gasteiger charge is 2.30. The first-order valence-corrected chi connectivity index (χ1v) is 9.18. The van der Waals surface area contributed by atoms with Crippen LogP contribution in [-0.2, 0) is 17.4 Å². The van der Waals surface area contributed by atoms with Gasteiger partial charge in [-0.2, -0.15) is 13.2 Å². The number of halogens is 5. The molecule has 0 heterocycles. The van der Waals surface area contributed by atoms with Crippen molar-refractivity contribution in [2.45, 2.75) is 12.6 Å². The summed E-state index contributed by atoms with van der Waals surface area (Å²) in [4.78, 5) is 10.8. The van der Waals surface area contributed by atoms with Gasteiger partial charge in [-0.3, -0.25) is 4.79 Å². The maximum absolute atomic E-state index is 12.8. The van der Waals surface area contributed by atoms with Crippen LogP contribution < -0.4 is 4.74 Å². The van der Waals surface area contributed by atoms with Crippen molar-refractivity contribution in [3.63, 3.8) is 0 Å². The molecule has 0 amide bonds. The zero-order valence-electron chi connectivity index (χ0n) is 15.0. The molecule has 2 N–H and O–H groups in total. The Morgan fingerprint density at radius 1 is 0.967 bits per heavy atom. The highest BCUT2D eigenvalue weighted by molar-refractivity contribution is 6.37. The van der Waals surface area contributed by atoms with Crippen LogP contribution in [0.3, 0.4) is 0 Å². The summed E-state index contributed by atoms with van der Waals surface area (Å²) < 4.78 is 44.0. The predicted molar refractivity (Wildman–Crippen MR) is 106 cm³/mol. The number of aliphatic carboxylic acids is 1. The molecule has 0 radical (unpaired) electrons. The number of benzene rings is 3. The number of phenolic OH excluding ortho intramolecular Hbond substituents is 1. The number of hydrogen-bond acceptors (Lipinski definition) is 3. The summed E-state index contributed by atoms with van der Waals surface area (Å²) in [6.07, 6.45) is -4.73. The molecule has 0 bridgehead atoms. The van der Waals surface area contributed by atoms with E-state index in [1.54, 1.807) is 0 Å². The molecule has 0 atom stereocenters. The summed E-state index contributed by atoms with van der Waals surface area (Å²) in [5, 5.41) is 19.2. The molecular weight excluding hydrogens is 444 g/mol. The van der Waals surface area contributed by atoms with E-state index in [9.17, 15) is 23.1 Å². The fourth-order valence-electron chi connectivity index (χ4n) is 2.75. The molecular formula is C21H13Cl2F3O4. The maximum atomic E-state index is 12.8. The van der Waals surface area contributed by atoms with Crippen LogP contribution in [0.15, 0.2) is 54.6 Å². The second-order valence-electron chi connectivity index (χ2n) is 6.32. The number of phenols is 1. The van der Waals surface area contributed by atoms with E-state index in [-0.39, 0.29) is 39.3 Å². The first-order valence-electron chi connectivity index (χ1n) is 8.43. The fraction of sp³-hybridized carbons (Fsp3) is 0.0952. The largest absolute Gasteiger partial charge is 0.507 e. The summed E-state index contributed by atoms with van der Waals surface area (Å²) in [5.41, 5.74) is 0.176. The number of alkyl halides is 3. The van der Waals surface area contributed by atoms with E-state index < -0.39 is 17.7 Å². The van der Waals surface area contributed by atoms with Gasteiger partial charge in [-0.1, -0.05) is 35.3 Å². The fourth-order valence-corrected chi connectivity index (χ4v) is 3.36. The van der Waals surface area contributed by atoms with E-state index in [0.717, 1.165) is 12.1 Å². The molecule has 0 spiro atoms. The number of hydrogen-bond donors (Lipinski definition) is 2. The highest BCUT2D eigenvalue weighted by Crippen LogP contribution is 2.40. The van der Waals surface area contributed by atoms with Crippen LogP contribution in [0.2, 0.25) is 10.0 Å². The number of rotatable bonds is 5. The molecule has 0 aromatic heterocycles. The van der Waals surface area contributed by atoms with Crippen LogP contribution >= 0.6 is 23.2 Å². The van der Waals surface area contributed by atoms with Gasteiger partial charge in [0.2, 0.25) is 0 Å². The minimum absolute atomic E-state index is 0.0801. The van der Waals surface area contributed by atoms with Crippen LogP contribution in [-0.4, -0.2) is 16.2 Å². The molecule has 0 fully saturated rings. The monoisotopic (exact) mass is 456 g/mol. The minimum Gasteiger partial charge on any atom is -0.507 e. The van der Waals surface area contributed by atoms with Gasteiger partial charge in [0.25, 0.3) is 0 Å². The lowest BCUT2D eigenvalue weighted by molar-refractivity contribution is -0.138. The van der Waals surface area contributed by atoms with Gasteiger partial charge >= 0.3 is 12.1 Å². The summed E-state index contributed by atoms with van der Waals surface area (Å²) in [7, 11) is 0. The Morgan fingerprint density at radius 3 is 2.10 bits per heavy atom. The minimum atomic E-state index is -4.47. The van der Waals surface area contributed by atoms with Crippen molar-refractivity contribution in [3.8, 4) is 28.4 Å². The molecule has 156 valence electrons. The Morgan fingerprint density at radius 2 is 1.57 bits per heavy atom. The van der Waals surface area contributed by atoms with Crippen molar-refractivity contribution in [1.29, 1.82) is 0 Å². The molecule has 9 heteroatoms. The third-order valence-electron chi connectivity index (χ3n) is 4.12. The second-order valence-corrected chi connectivity index (χ2v) is 7.13. The molecule has 4 nitrogen and oxygen atoms in total. The zero-order valence-corrected chi connectivity index (χ0v) is 16.5. The first-order chi connectivity index (χ1) is 14.0. The summed E-state index contributed by atoms with van der Waals surface area (Å²) in [6, 6.07) is 11.3. The Kier molecular flexibility index (Phi) is 6.14. The van der Waals surface area contributed by atoms with Crippen LogP contribution in [0.1, 0.15) is 11.1 Å².